The summed E-state index contributed by atoms with van der Waals surface area (Å²) in [5.41, 5.74) is 0.147. The third-order valence-electron chi connectivity index (χ3n) is 6.22. The van der Waals surface area contributed by atoms with Gasteiger partial charge in [-0.2, -0.15) is 0 Å². The fourth-order valence-electron chi connectivity index (χ4n) is 4.25. The third-order valence-corrected chi connectivity index (χ3v) is 7.70. The van der Waals surface area contributed by atoms with E-state index >= 15 is 0 Å². The predicted molar refractivity (Wildman–Crippen MR) is 79.7 cm³/mol. The average Bonchev–Trinajstić information content (AvgIpc) is 2.72. The fourth-order valence-corrected chi connectivity index (χ4v) is 5.61. The molecule has 2 aliphatic rings. The molecule has 21 heavy (non-hydrogen) atoms. The molecule has 116 valence electrons. The number of rotatable bonds is 3. The molecule has 0 saturated heterocycles. The number of fused-ring (bicyclic) bond motifs is 2. The van der Waals surface area contributed by atoms with Gasteiger partial charge < -0.3 is 0 Å². The Morgan fingerprint density at radius 2 is 1.81 bits per heavy atom. The van der Waals surface area contributed by atoms with E-state index in [0.29, 0.717) is 5.92 Å². The Morgan fingerprint density at radius 3 is 2.29 bits per heavy atom. The van der Waals surface area contributed by atoms with Crippen molar-refractivity contribution in [3.63, 3.8) is 0 Å². The Kier molecular flexibility index (Phi) is 3.23. The zero-order valence-corrected chi connectivity index (χ0v) is 13.5. The van der Waals surface area contributed by atoms with Crippen LogP contribution >= 0.6 is 0 Å². The molecule has 1 aromatic carbocycles. The highest BCUT2D eigenvalue weighted by molar-refractivity contribution is 7.89. The topological polar surface area (TPSA) is 46.2 Å². The average molecular weight is 311 g/mol. The monoisotopic (exact) mass is 311 g/mol. The molecule has 1 aromatic rings. The van der Waals surface area contributed by atoms with Gasteiger partial charge in [0.2, 0.25) is 10.0 Å². The van der Waals surface area contributed by atoms with Gasteiger partial charge in [-0.25, -0.2) is 17.5 Å². The van der Waals surface area contributed by atoms with Gasteiger partial charge in [0.15, 0.2) is 0 Å². The van der Waals surface area contributed by atoms with E-state index in [1.807, 2.05) is 0 Å². The van der Waals surface area contributed by atoms with Crippen LogP contribution in [0.1, 0.15) is 40.0 Å². The molecule has 0 unspecified atom stereocenters. The molecule has 2 aliphatic carbocycles. The second-order valence-corrected chi connectivity index (χ2v) is 8.95. The molecule has 0 heterocycles. The number of sulfonamides is 1. The normalized spacial score (nSPS) is 34.3. The first-order valence-corrected chi connectivity index (χ1v) is 8.93. The van der Waals surface area contributed by atoms with Crippen molar-refractivity contribution in [3.05, 3.63) is 30.1 Å². The zero-order valence-electron chi connectivity index (χ0n) is 12.7. The molecule has 2 saturated carbocycles. The zero-order chi connectivity index (χ0) is 15.5. The van der Waals surface area contributed by atoms with Crippen molar-refractivity contribution in [2.75, 3.05) is 0 Å². The SMILES string of the molecule is CC1(C)[C@@H]2CC[C@@]1(C)[C@@H](NS(=O)(=O)c1ccc(F)cc1)C2. The highest BCUT2D eigenvalue weighted by atomic mass is 32.2. The van der Waals surface area contributed by atoms with E-state index < -0.39 is 15.8 Å². The summed E-state index contributed by atoms with van der Waals surface area (Å²) in [4.78, 5) is 0.132. The molecule has 0 aliphatic heterocycles. The van der Waals surface area contributed by atoms with Gasteiger partial charge in [-0.15, -0.1) is 0 Å². The van der Waals surface area contributed by atoms with E-state index in [4.69, 9.17) is 0 Å². The molecule has 2 fully saturated rings. The predicted octanol–water partition coefficient (Wildman–Crippen LogP) is 3.32. The van der Waals surface area contributed by atoms with Crippen LogP contribution in [0.4, 0.5) is 4.39 Å². The van der Waals surface area contributed by atoms with Crippen LogP contribution in [0.25, 0.3) is 0 Å². The minimum atomic E-state index is -3.59. The van der Waals surface area contributed by atoms with Crippen LogP contribution in [0.5, 0.6) is 0 Å². The summed E-state index contributed by atoms with van der Waals surface area (Å²) in [5.74, 6) is 0.144. The molecule has 1 N–H and O–H groups in total. The number of halogens is 1. The lowest BCUT2D eigenvalue weighted by Gasteiger charge is -2.39. The molecule has 3 atom stereocenters. The van der Waals surface area contributed by atoms with E-state index in [2.05, 4.69) is 25.5 Å². The molecule has 0 spiro atoms. The number of nitrogens with one attached hydrogen (secondary N) is 1. The quantitative estimate of drug-likeness (QED) is 0.931. The van der Waals surface area contributed by atoms with Crippen LogP contribution in [0.2, 0.25) is 0 Å². The maximum Gasteiger partial charge on any atom is 0.240 e. The van der Waals surface area contributed by atoms with Crippen LogP contribution in [-0.2, 0) is 10.0 Å². The first kappa shape index (κ1) is 15.0. The van der Waals surface area contributed by atoms with Crippen molar-refractivity contribution in [2.24, 2.45) is 16.7 Å². The maximum absolute atomic E-state index is 12.9. The second-order valence-electron chi connectivity index (χ2n) is 7.24. The summed E-state index contributed by atoms with van der Waals surface area (Å²) in [5, 5.41) is 0. The Hall–Kier alpha value is -0.940. The van der Waals surface area contributed by atoms with E-state index in [9.17, 15) is 12.8 Å². The van der Waals surface area contributed by atoms with Crippen molar-refractivity contribution in [2.45, 2.75) is 51.0 Å². The molecular weight excluding hydrogens is 289 g/mol. The van der Waals surface area contributed by atoms with Crippen molar-refractivity contribution in [1.82, 2.24) is 4.72 Å². The van der Waals surface area contributed by atoms with Gasteiger partial charge in [-0.1, -0.05) is 20.8 Å². The molecule has 2 bridgehead atoms. The van der Waals surface area contributed by atoms with Crippen molar-refractivity contribution in [1.29, 1.82) is 0 Å². The summed E-state index contributed by atoms with van der Waals surface area (Å²) >= 11 is 0. The van der Waals surface area contributed by atoms with E-state index in [0.717, 1.165) is 12.8 Å². The maximum atomic E-state index is 12.9. The largest absolute Gasteiger partial charge is 0.240 e. The smallest absolute Gasteiger partial charge is 0.207 e. The van der Waals surface area contributed by atoms with Gasteiger partial charge in [0.1, 0.15) is 5.82 Å². The summed E-state index contributed by atoms with van der Waals surface area (Å²) < 4.78 is 40.8. The first-order chi connectivity index (χ1) is 9.67. The molecule has 3 nitrogen and oxygen atoms in total. The van der Waals surface area contributed by atoms with E-state index in [1.54, 1.807) is 0 Å². The Balaban J connectivity index is 1.86. The van der Waals surface area contributed by atoms with Gasteiger partial charge in [-0.05, 0) is 60.3 Å². The van der Waals surface area contributed by atoms with Crippen LogP contribution in [0, 0.1) is 22.6 Å². The Morgan fingerprint density at radius 1 is 1.19 bits per heavy atom. The third kappa shape index (κ3) is 2.13. The second kappa shape index (κ2) is 4.53. The summed E-state index contributed by atoms with van der Waals surface area (Å²) in [6.07, 6.45) is 3.13. The Bertz CT molecular complexity index is 653. The fraction of sp³-hybridized carbons (Fsp3) is 0.625. The standard InChI is InChI=1S/C16H22FNO2S/c1-15(2)11-8-9-16(15,3)14(10-11)18-21(19,20)13-6-4-12(17)5-7-13/h4-7,11,14,18H,8-10H2,1-3H3/t11-,14+,16+/m1/s1. The van der Waals surface area contributed by atoms with Crippen molar-refractivity contribution < 1.29 is 12.8 Å². The van der Waals surface area contributed by atoms with Crippen LogP contribution in [0.3, 0.4) is 0 Å². The number of hydrogen-bond acceptors (Lipinski definition) is 2. The Labute approximate surface area is 126 Å². The molecule has 0 radical (unpaired) electrons. The minimum Gasteiger partial charge on any atom is -0.207 e. The van der Waals surface area contributed by atoms with Gasteiger partial charge in [0, 0.05) is 6.04 Å². The lowest BCUT2D eigenvalue weighted by atomic mass is 9.69. The lowest BCUT2D eigenvalue weighted by Crippen LogP contribution is -2.46. The van der Waals surface area contributed by atoms with Crippen molar-refractivity contribution in [3.8, 4) is 0 Å². The van der Waals surface area contributed by atoms with Crippen LogP contribution in [0.15, 0.2) is 29.2 Å². The number of benzene rings is 1. The first-order valence-electron chi connectivity index (χ1n) is 7.45. The van der Waals surface area contributed by atoms with Gasteiger partial charge in [-0.3, -0.25) is 0 Å². The van der Waals surface area contributed by atoms with E-state index in [-0.39, 0.29) is 21.8 Å². The summed E-state index contributed by atoms with van der Waals surface area (Å²) in [6.45, 7) is 6.69. The van der Waals surface area contributed by atoms with Gasteiger partial charge in [0.05, 0.1) is 4.90 Å². The van der Waals surface area contributed by atoms with Crippen LogP contribution in [-0.4, -0.2) is 14.5 Å². The molecule has 3 rings (SSSR count). The van der Waals surface area contributed by atoms with Crippen LogP contribution < -0.4 is 4.72 Å². The lowest BCUT2D eigenvalue weighted by molar-refractivity contribution is 0.130. The van der Waals surface area contributed by atoms with Crippen molar-refractivity contribution >= 4 is 10.0 Å². The summed E-state index contributed by atoms with van der Waals surface area (Å²) in [7, 11) is -3.59. The molecular formula is C16H22FNO2S. The highest BCUT2D eigenvalue weighted by Gasteiger charge is 2.61. The molecule has 5 heteroatoms. The molecule has 0 aromatic heterocycles. The highest BCUT2D eigenvalue weighted by Crippen LogP contribution is 2.65. The van der Waals surface area contributed by atoms with Gasteiger partial charge >= 0.3 is 0 Å². The van der Waals surface area contributed by atoms with Gasteiger partial charge in [0.25, 0.3) is 0 Å². The molecule has 0 amide bonds. The summed E-state index contributed by atoms with van der Waals surface area (Å²) in [6, 6.07) is 4.96. The van der Waals surface area contributed by atoms with E-state index in [1.165, 1.54) is 30.7 Å². The minimum absolute atomic E-state index is 0.00916. The number of hydrogen-bond donors (Lipinski definition) is 1.